The molecule has 0 unspecified atom stereocenters. The molecule has 20 heavy (non-hydrogen) atoms. The van der Waals surface area contributed by atoms with E-state index in [1.54, 1.807) is 7.11 Å². The van der Waals surface area contributed by atoms with Crippen molar-refractivity contribution >= 4 is 0 Å². The van der Waals surface area contributed by atoms with E-state index in [2.05, 4.69) is 25.2 Å². The van der Waals surface area contributed by atoms with Gasteiger partial charge in [0.05, 0.1) is 19.3 Å². The molecule has 0 radical (unpaired) electrons. The monoisotopic (exact) mass is 280 g/mol. The van der Waals surface area contributed by atoms with Crippen molar-refractivity contribution in [2.24, 2.45) is 5.92 Å². The minimum atomic E-state index is -0.536. The van der Waals surface area contributed by atoms with Crippen LogP contribution in [0.1, 0.15) is 33.6 Å². The molecule has 1 rings (SSSR count). The first-order valence-electron chi connectivity index (χ1n) is 7.32. The normalized spacial score (nSPS) is 37.1. The van der Waals surface area contributed by atoms with Crippen molar-refractivity contribution in [3.8, 4) is 0 Å². The lowest BCUT2D eigenvalue weighted by atomic mass is 9.96. The van der Waals surface area contributed by atoms with E-state index >= 15 is 0 Å². The van der Waals surface area contributed by atoms with Crippen LogP contribution in [0.25, 0.3) is 0 Å². The predicted octanol–water partition coefficient (Wildman–Crippen LogP) is 3.26. The Morgan fingerprint density at radius 1 is 1.30 bits per heavy atom. The molecule has 0 saturated carbocycles. The van der Waals surface area contributed by atoms with Crippen LogP contribution in [0.4, 0.5) is 0 Å². The number of ether oxygens (including phenoxy) is 2. The van der Waals surface area contributed by atoms with Crippen molar-refractivity contribution in [2.75, 3.05) is 20.3 Å². The number of allylic oxidation sites excluding steroid dienone is 2. The lowest BCUT2D eigenvalue weighted by Crippen LogP contribution is -2.31. The Kier molecular flexibility index (Phi) is 7.82. The summed E-state index contributed by atoms with van der Waals surface area (Å²) < 4.78 is 11.0. The second-order valence-electron chi connectivity index (χ2n) is 5.60. The quantitative estimate of drug-likeness (QED) is 0.749. The summed E-state index contributed by atoms with van der Waals surface area (Å²) in [6, 6.07) is 0. The van der Waals surface area contributed by atoms with Crippen LogP contribution >= 0.6 is 0 Å². The van der Waals surface area contributed by atoms with Crippen LogP contribution < -0.4 is 0 Å². The Bertz CT molecular complexity index is 368. The number of aliphatic hydroxyl groups is 1. The third kappa shape index (κ3) is 6.04. The Hall–Kier alpha value is -0.900. The van der Waals surface area contributed by atoms with Gasteiger partial charge in [0.15, 0.2) is 0 Å². The molecule has 0 amide bonds. The molecular formula is C17H28O3. The van der Waals surface area contributed by atoms with E-state index in [4.69, 9.17) is 9.47 Å². The van der Waals surface area contributed by atoms with Crippen molar-refractivity contribution in [1.82, 2.24) is 0 Å². The molecule has 3 nitrogen and oxygen atoms in total. The second-order valence-corrected chi connectivity index (χ2v) is 5.60. The summed E-state index contributed by atoms with van der Waals surface area (Å²) in [6.45, 7) is 7.41. The highest BCUT2D eigenvalue weighted by molar-refractivity contribution is 5.07. The molecular weight excluding hydrogens is 252 g/mol. The Morgan fingerprint density at radius 3 is 2.75 bits per heavy atom. The average molecular weight is 280 g/mol. The minimum Gasteiger partial charge on any atom is -0.389 e. The molecule has 3 atom stereocenters. The van der Waals surface area contributed by atoms with Gasteiger partial charge in [0.2, 0.25) is 0 Å². The number of hydrogen-bond acceptors (Lipinski definition) is 3. The fourth-order valence-corrected chi connectivity index (χ4v) is 2.29. The highest BCUT2D eigenvalue weighted by Crippen LogP contribution is 2.16. The van der Waals surface area contributed by atoms with Crippen LogP contribution in [-0.2, 0) is 9.47 Å². The molecule has 0 aromatic carbocycles. The van der Waals surface area contributed by atoms with Gasteiger partial charge in [-0.25, -0.2) is 0 Å². The first kappa shape index (κ1) is 17.2. The van der Waals surface area contributed by atoms with E-state index in [-0.39, 0.29) is 12.0 Å². The van der Waals surface area contributed by atoms with E-state index in [1.165, 1.54) is 5.57 Å². The number of rotatable bonds is 1. The maximum absolute atomic E-state index is 10.3. The molecule has 0 aromatic heterocycles. The van der Waals surface area contributed by atoms with Crippen LogP contribution in [0.3, 0.4) is 0 Å². The molecule has 3 heteroatoms. The van der Waals surface area contributed by atoms with Gasteiger partial charge in [0.1, 0.15) is 6.10 Å². The van der Waals surface area contributed by atoms with E-state index in [0.717, 1.165) is 18.4 Å². The lowest BCUT2D eigenvalue weighted by Gasteiger charge is -2.23. The van der Waals surface area contributed by atoms with Gasteiger partial charge in [-0.2, -0.15) is 0 Å². The minimum absolute atomic E-state index is 0.0356. The van der Waals surface area contributed by atoms with Gasteiger partial charge in [-0.15, -0.1) is 0 Å². The van der Waals surface area contributed by atoms with Gasteiger partial charge >= 0.3 is 0 Å². The van der Waals surface area contributed by atoms with Gasteiger partial charge in [0.25, 0.3) is 0 Å². The molecule has 0 spiro atoms. The zero-order valence-electron chi connectivity index (χ0n) is 13.1. The standard InChI is InChI=1S/C17H28O3/c1-13-7-5-6-8-16(19-4)17(18)15(3)11-14(2)12-20-10-9-13/h6,8-9,11,15-18H,5,7,10,12H2,1-4H3/b8-6+,13-9-,14-11-/t15-,16+,17+/m1/s1. The first-order chi connectivity index (χ1) is 9.54. The third-order valence-electron chi connectivity index (χ3n) is 3.61. The van der Waals surface area contributed by atoms with Crippen molar-refractivity contribution in [3.63, 3.8) is 0 Å². The summed E-state index contributed by atoms with van der Waals surface area (Å²) in [7, 11) is 1.64. The fraction of sp³-hybridized carbons (Fsp3) is 0.647. The first-order valence-corrected chi connectivity index (χ1v) is 7.32. The highest BCUT2D eigenvalue weighted by atomic mass is 16.5. The Labute approximate surface area is 123 Å². The summed E-state index contributed by atoms with van der Waals surface area (Å²) >= 11 is 0. The molecule has 0 fully saturated rings. The molecule has 1 aliphatic rings. The van der Waals surface area contributed by atoms with Crippen LogP contribution in [0, 0.1) is 5.92 Å². The molecule has 1 heterocycles. The van der Waals surface area contributed by atoms with Gasteiger partial charge in [-0.05, 0) is 26.7 Å². The zero-order chi connectivity index (χ0) is 15.0. The van der Waals surface area contributed by atoms with E-state index in [1.807, 2.05) is 19.9 Å². The van der Waals surface area contributed by atoms with Crippen LogP contribution in [0.15, 0.2) is 35.5 Å². The van der Waals surface area contributed by atoms with Crippen LogP contribution in [0.5, 0.6) is 0 Å². The summed E-state index contributed by atoms with van der Waals surface area (Å²) in [4.78, 5) is 0. The number of aliphatic hydroxyl groups excluding tert-OH is 1. The summed E-state index contributed by atoms with van der Waals surface area (Å²) in [6.07, 6.45) is 9.43. The highest BCUT2D eigenvalue weighted by Gasteiger charge is 2.21. The third-order valence-corrected chi connectivity index (χ3v) is 3.61. The molecule has 1 aliphatic heterocycles. The van der Waals surface area contributed by atoms with Gasteiger partial charge in [0, 0.05) is 13.0 Å². The van der Waals surface area contributed by atoms with Gasteiger partial charge in [-0.1, -0.05) is 42.4 Å². The van der Waals surface area contributed by atoms with Crippen molar-refractivity contribution in [2.45, 2.75) is 45.8 Å². The topological polar surface area (TPSA) is 38.7 Å². The Balaban J connectivity index is 2.83. The Morgan fingerprint density at radius 2 is 2.05 bits per heavy atom. The zero-order valence-corrected chi connectivity index (χ0v) is 13.1. The van der Waals surface area contributed by atoms with Crippen molar-refractivity contribution in [3.05, 3.63) is 35.5 Å². The van der Waals surface area contributed by atoms with Gasteiger partial charge in [-0.3, -0.25) is 0 Å². The predicted molar refractivity (Wildman–Crippen MR) is 82.7 cm³/mol. The van der Waals surface area contributed by atoms with E-state index in [9.17, 15) is 5.11 Å². The SMILES string of the molecule is CO[C@H]1/C=C/CC/C(C)=C\COC/C(C)=C\[C@@H](C)[C@@H]1O. The maximum atomic E-state index is 10.3. The fourth-order valence-electron chi connectivity index (χ4n) is 2.29. The van der Waals surface area contributed by atoms with E-state index in [0.29, 0.717) is 13.2 Å². The van der Waals surface area contributed by atoms with Gasteiger partial charge < -0.3 is 14.6 Å². The summed E-state index contributed by atoms with van der Waals surface area (Å²) in [5, 5.41) is 10.3. The van der Waals surface area contributed by atoms with Crippen LogP contribution in [0.2, 0.25) is 0 Å². The average Bonchev–Trinajstić information content (AvgIpc) is 2.42. The maximum Gasteiger partial charge on any atom is 0.102 e. The molecule has 0 bridgehead atoms. The molecule has 1 N–H and O–H groups in total. The van der Waals surface area contributed by atoms with Crippen LogP contribution in [-0.4, -0.2) is 37.6 Å². The summed E-state index contributed by atoms with van der Waals surface area (Å²) in [5.41, 5.74) is 2.47. The van der Waals surface area contributed by atoms with Crippen molar-refractivity contribution in [1.29, 1.82) is 0 Å². The lowest BCUT2D eigenvalue weighted by molar-refractivity contribution is -0.00199. The largest absolute Gasteiger partial charge is 0.389 e. The van der Waals surface area contributed by atoms with E-state index < -0.39 is 6.10 Å². The smallest absolute Gasteiger partial charge is 0.102 e. The molecule has 0 aromatic rings. The number of hydrogen-bond donors (Lipinski definition) is 1. The molecule has 114 valence electrons. The summed E-state index contributed by atoms with van der Waals surface area (Å²) in [5.74, 6) is 0.0356. The number of methoxy groups -OCH3 is 1. The second kappa shape index (κ2) is 9.11. The molecule has 0 aliphatic carbocycles. The molecule has 0 saturated heterocycles. The van der Waals surface area contributed by atoms with Crippen molar-refractivity contribution < 1.29 is 14.6 Å².